The number of fused-ring (bicyclic) bond motifs is 1. The standard InChI is InChI=1S/C13H13N5OS/c1-17-12-11(9-14-17)13(19)18(16-15-12)7-8-20-10-5-3-2-4-6-10/h2-6,9H,7-8H2,1H3. The van der Waals surface area contributed by atoms with E-state index in [4.69, 9.17) is 0 Å². The van der Waals surface area contributed by atoms with E-state index >= 15 is 0 Å². The zero-order valence-corrected chi connectivity index (χ0v) is 11.7. The van der Waals surface area contributed by atoms with E-state index in [1.54, 1.807) is 23.5 Å². The van der Waals surface area contributed by atoms with Crippen LogP contribution in [0, 0.1) is 0 Å². The Morgan fingerprint density at radius 3 is 2.85 bits per heavy atom. The molecular weight excluding hydrogens is 274 g/mol. The first kappa shape index (κ1) is 12.9. The molecule has 0 aliphatic rings. The van der Waals surface area contributed by atoms with E-state index in [1.165, 1.54) is 15.8 Å². The second-order valence-electron chi connectivity index (χ2n) is 4.28. The summed E-state index contributed by atoms with van der Waals surface area (Å²) in [5, 5.41) is 12.5. The van der Waals surface area contributed by atoms with E-state index in [-0.39, 0.29) is 5.56 Å². The Bertz CT molecular complexity index is 780. The van der Waals surface area contributed by atoms with Crippen molar-refractivity contribution in [3.05, 3.63) is 46.9 Å². The molecule has 2 aromatic heterocycles. The lowest BCUT2D eigenvalue weighted by Crippen LogP contribution is -2.25. The molecule has 0 spiro atoms. The Kier molecular flexibility index (Phi) is 3.51. The number of aromatic nitrogens is 5. The fraction of sp³-hybridized carbons (Fsp3) is 0.231. The second kappa shape index (κ2) is 5.46. The van der Waals surface area contributed by atoms with Crippen molar-refractivity contribution >= 4 is 22.8 Å². The van der Waals surface area contributed by atoms with Gasteiger partial charge < -0.3 is 0 Å². The summed E-state index contributed by atoms with van der Waals surface area (Å²) >= 11 is 1.69. The Hall–Kier alpha value is -2.15. The highest BCUT2D eigenvalue weighted by atomic mass is 32.2. The molecule has 102 valence electrons. The first-order chi connectivity index (χ1) is 9.75. The van der Waals surface area contributed by atoms with Crippen LogP contribution in [0.25, 0.3) is 11.0 Å². The molecule has 3 aromatic rings. The van der Waals surface area contributed by atoms with Gasteiger partial charge in [0, 0.05) is 17.7 Å². The Balaban J connectivity index is 1.75. The van der Waals surface area contributed by atoms with Crippen LogP contribution in [0.15, 0.2) is 46.2 Å². The van der Waals surface area contributed by atoms with E-state index in [0.29, 0.717) is 17.6 Å². The molecule has 0 N–H and O–H groups in total. The quantitative estimate of drug-likeness (QED) is 0.677. The monoisotopic (exact) mass is 287 g/mol. The maximum absolute atomic E-state index is 12.2. The molecule has 6 nitrogen and oxygen atoms in total. The van der Waals surface area contributed by atoms with Crippen LogP contribution in [0.1, 0.15) is 0 Å². The van der Waals surface area contributed by atoms with Crippen LogP contribution in [-0.4, -0.2) is 30.5 Å². The molecule has 0 fully saturated rings. The lowest BCUT2D eigenvalue weighted by molar-refractivity contribution is 0.581. The van der Waals surface area contributed by atoms with Gasteiger partial charge in [0.2, 0.25) is 0 Å². The van der Waals surface area contributed by atoms with E-state index in [1.807, 2.05) is 30.3 Å². The van der Waals surface area contributed by atoms with E-state index in [0.717, 1.165) is 5.75 Å². The smallest absolute Gasteiger partial charge is 0.267 e. The minimum Gasteiger partial charge on any atom is -0.267 e. The average Bonchev–Trinajstić information content (AvgIpc) is 2.85. The highest BCUT2D eigenvalue weighted by Gasteiger charge is 2.09. The molecule has 0 saturated carbocycles. The maximum Gasteiger partial charge on any atom is 0.280 e. The fourth-order valence-electron chi connectivity index (χ4n) is 1.89. The minimum absolute atomic E-state index is 0.142. The van der Waals surface area contributed by atoms with Crippen LogP contribution in [0.3, 0.4) is 0 Å². The highest BCUT2D eigenvalue weighted by Crippen LogP contribution is 2.16. The summed E-state index contributed by atoms with van der Waals surface area (Å²) in [5.74, 6) is 0.768. The molecule has 0 bridgehead atoms. The first-order valence-corrected chi connectivity index (χ1v) is 7.17. The van der Waals surface area contributed by atoms with Gasteiger partial charge in [0.05, 0.1) is 12.7 Å². The topological polar surface area (TPSA) is 65.6 Å². The van der Waals surface area contributed by atoms with Gasteiger partial charge in [-0.25, -0.2) is 9.36 Å². The van der Waals surface area contributed by atoms with E-state index in [9.17, 15) is 4.79 Å². The van der Waals surface area contributed by atoms with Gasteiger partial charge in [-0.2, -0.15) is 5.10 Å². The Morgan fingerprint density at radius 2 is 2.05 bits per heavy atom. The van der Waals surface area contributed by atoms with Crippen molar-refractivity contribution in [1.29, 1.82) is 0 Å². The first-order valence-electron chi connectivity index (χ1n) is 6.19. The molecule has 0 saturated heterocycles. The van der Waals surface area contributed by atoms with Gasteiger partial charge in [-0.3, -0.25) is 4.79 Å². The molecule has 0 amide bonds. The largest absolute Gasteiger partial charge is 0.280 e. The van der Waals surface area contributed by atoms with Gasteiger partial charge in [-0.05, 0) is 12.1 Å². The zero-order chi connectivity index (χ0) is 13.9. The molecule has 7 heteroatoms. The summed E-state index contributed by atoms with van der Waals surface area (Å²) in [4.78, 5) is 13.4. The van der Waals surface area contributed by atoms with Gasteiger partial charge in [0.1, 0.15) is 5.39 Å². The normalized spacial score (nSPS) is 11.1. The van der Waals surface area contributed by atoms with Crippen molar-refractivity contribution in [2.45, 2.75) is 11.4 Å². The van der Waals surface area contributed by atoms with Crippen molar-refractivity contribution < 1.29 is 0 Å². The molecule has 2 heterocycles. The van der Waals surface area contributed by atoms with Crippen molar-refractivity contribution in [2.75, 3.05) is 5.75 Å². The number of nitrogens with zero attached hydrogens (tertiary/aromatic N) is 5. The number of rotatable bonds is 4. The van der Waals surface area contributed by atoms with Gasteiger partial charge >= 0.3 is 0 Å². The van der Waals surface area contributed by atoms with Gasteiger partial charge in [-0.15, -0.1) is 16.9 Å². The molecule has 0 aliphatic heterocycles. The lowest BCUT2D eigenvalue weighted by Gasteiger charge is -2.03. The van der Waals surface area contributed by atoms with E-state index < -0.39 is 0 Å². The van der Waals surface area contributed by atoms with Crippen molar-refractivity contribution in [3.63, 3.8) is 0 Å². The fourth-order valence-corrected chi connectivity index (χ4v) is 2.74. The highest BCUT2D eigenvalue weighted by molar-refractivity contribution is 7.99. The van der Waals surface area contributed by atoms with Crippen LogP contribution < -0.4 is 5.56 Å². The molecule has 0 unspecified atom stereocenters. The predicted octanol–water partition coefficient (Wildman–Crippen LogP) is 1.32. The third-order valence-electron chi connectivity index (χ3n) is 2.93. The lowest BCUT2D eigenvalue weighted by atomic mass is 10.4. The third kappa shape index (κ3) is 2.44. The summed E-state index contributed by atoms with van der Waals surface area (Å²) in [7, 11) is 1.74. The Morgan fingerprint density at radius 1 is 1.25 bits per heavy atom. The number of thioether (sulfide) groups is 1. The van der Waals surface area contributed by atoms with E-state index in [2.05, 4.69) is 15.4 Å². The Labute approximate surface area is 119 Å². The van der Waals surface area contributed by atoms with Crippen molar-refractivity contribution in [3.8, 4) is 0 Å². The number of hydrogen-bond acceptors (Lipinski definition) is 5. The van der Waals surface area contributed by atoms with Gasteiger partial charge in [0.25, 0.3) is 5.56 Å². The van der Waals surface area contributed by atoms with Gasteiger partial charge in [0.15, 0.2) is 5.65 Å². The van der Waals surface area contributed by atoms with Gasteiger partial charge in [-0.1, -0.05) is 23.4 Å². The SMILES string of the molecule is Cn1ncc2c(=O)n(CCSc3ccccc3)nnc21. The number of aryl methyl sites for hydroxylation is 2. The predicted molar refractivity (Wildman–Crippen MR) is 77.7 cm³/mol. The summed E-state index contributed by atoms with van der Waals surface area (Å²) < 4.78 is 2.94. The van der Waals surface area contributed by atoms with Crippen LogP contribution >= 0.6 is 11.8 Å². The minimum atomic E-state index is -0.142. The van der Waals surface area contributed by atoms with Crippen LogP contribution in [0.4, 0.5) is 0 Å². The molecule has 1 aromatic carbocycles. The molecule has 3 rings (SSSR count). The van der Waals surface area contributed by atoms with Crippen LogP contribution in [0.2, 0.25) is 0 Å². The summed E-state index contributed by atoms with van der Waals surface area (Å²) in [6, 6.07) is 10.1. The molecule has 0 atom stereocenters. The third-order valence-corrected chi connectivity index (χ3v) is 3.93. The molecular formula is C13H13N5OS. The van der Waals surface area contributed by atoms with Crippen LogP contribution in [0.5, 0.6) is 0 Å². The summed E-state index contributed by atoms with van der Waals surface area (Å²) in [5.41, 5.74) is 0.374. The molecule has 20 heavy (non-hydrogen) atoms. The maximum atomic E-state index is 12.2. The summed E-state index contributed by atoms with van der Waals surface area (Å²) in [6.07, 6.45) is 1.53. The van der Waals surface area contributed by atoms with Crippen LogP contribution in [-0.2, 0) is 13.6 Å². The number of hydrogen-bond donors (Lipinski definition) is 0. The number of benzene rings is 1. The molecule has 0 aliphatic carbocycles. The van der Waals surface area contributed by atoms with Crippen molar-refractivity contribution in [1.82, 2.24) is 24.8 Å². The average molecular weight is 287 g/mol. The van der Waals surface area contributed by atoms with Crippen molar-refractivity contribution in [2.24, 2.45) is 7.05 Å². The molecule has 0 radical (unpaired) electrons. The zero-order valence-electron chi connectivity index (χ0n) is 10.9. The summed E-state index contributed by atoms with van der Waals surface area (Å²) in [6.45, 7) is 0.524. The second-order valence-corrected chi connectivity index (χ2v) is 5.45.